The van der Waals surface area contributed by atoms with E-state index in [1.165, 1.54) is 0 Å². The number of hydrogen-bond acceptors (Lipinski definition) is 4. The van der Waals surface area contributed by atoms with E-state index < -0.39 is 6.17 Å². The zero-order valence-electron chi connectivity index (χ0n) is 14.2. The number of aromatic hydroxyl groups is 1. The average molecular weight is 346 g/mol. The summed E-state index contributed by atoms with van der Waals surface area (Å²) >= 11 is 0. The van der Waals surface area contributed by atoms with E-state index in [-0.39, 0.29) is 11.7 Å². The van der Waals surface area contributed by atoms with Crippen molar-refractivity contribution in [2.45, 2.75) is 6.17 Å². The number of phenols is 1. The van der Waals surface area contributed by atoms with Crippen LogP contribution < -0.4 is 15.0 Å². The molecule has 130 valence electrons. The van der Waals surface area contributed by atoms with E-state index in [1.54, 1.807) is 36.3 Å². The fourth-order valence-electron chi connectivity index (χ4n) is 3.26. The number of ether oxygens (including phenoxy) is 1. The molecule has 26 heavy (non-hydrogen) atoms. The monoisotopic (exact) mass is 346 g/mol. The molecular formula is C21H18N2O3. The zero-order valence-corrected chi connectivity index (χ0v) is 14.2. The van der Waals surface area contributed by atoms with Gasteiger partial charge in [-0.3, -0.25) is 9.69 Å². The largest absolute Gasteiger partial charge is 0.508 e. The first-order valence-corrected chi connectivity index (χ1v) is 8.30. The standard InChI is InChI=1S/C21H18N2O3/c1-26-19-12-5-4-11-18(19)23-20(14-7-6-8-15(24)13-14)22-17-10-3-2-9-16(17)21(23)25/h2-13,20,22,24H,1H3. The van der Waals surface area contributed by atoms with Crippen LogP contribution in [-0.2, 0) is 0 Å². The molecule has 1 atom stereocenters. The van der Waals surface area contributed by atoms with Crippen molar-refractivity contribution in [3.05, 3.63) is 83.9 Å². The number of anilines is 2. The molecule has 1 aliphatic rings. The number of nitrogens with zero attached hydrogens (tertiary/aromatic N) is 1. The van der Waals surface area contributed by atoms with E-state index in [0.29, 0.717) is 17.0 Å². The second kappa shape index (κ2) is 6.44. The topological polar surface area (TPSA) is 61.8 Å². The Labute approximate surface area is 151 Å². The number of para-hydroxylation sites is 3. The molecule has 0 aromatic heterocycles. The maximum absolute atomic E-state index is 13.3. The summed E-state index contributed by atoms with van der Waals surface area (Å²) in [6.45, 7) is 0. The second-order valence-corrected chi connectivity index (χ2v) is 6.03. The Hall–Kier alpha value is -3.47. The Morgan fingerprint density at radius 2 is 1.77 bits per heavy atom. The molecule has 3 aromatic rings. The van der Waals surface area contributed by atoms with Gasteiger partial charge in [-0.05, 0) is 42.0 Å². The van der Waals surface area contributed by atoms with E-state index in [2.05, 4.69) is 5.32 Å². The van der Waals surface area contributed by atoms with Crippen molar-refractivity contribution in [2.24, 2.45) is 0 Å². The van der Waals surface area contributed by atoms with Gasteiger partial charge in [0.1, 0.15) is 17.7 Å². The normalized spacial score (nSPS) is 16.0. The summed E-state index contributed by atoms with van der Waals surface area (Å²) in [6, 6.07) is 21.7. The van der Waals surface area contributed by atoms with Gasteiger partial charge < -0.3 is 15.2 Å². The summed E-state index contributed by atoms with van der Waals surface area (Å²) < 4.78 is 5.47. The van der Waals surface area contributed by atoms with Gasteiger partial charge >= 0.3 is 0 Å². The Balaban J connectivity index is 1.91. The molecule has 2 N–H and O–H groups in total. The number of phenolic OH excluding ortho intramolecular Hbond substituents is 1. The number of benzene rings is 3. The fraction of sp³-hybridized carbons (Fsp3) is 0.0952. The van der Waals surface area contributed by atoms with Crippen molar-refractivity contribution in [2.75, 3.05) is 17.3 Å². The summed E-state index contributed by atoms with van der Waals surface area (Å²) in [6.07, 6.45) is -0.471. The molecular weight excluding hydrogens is 328 g/mol. The van der Waals surface area contributed by atoms with E-state index in [0.717, 1.165) is 11.3 Å². The lowest BCUT2D eigenvalue weighted by Crippen LogP contribution is -2.43. The van der Waals surface area contributed by atoms with Gasteiger partial charge in [0.05, 0.1) is 18.4 Å². The van der Waals surface area contributed by atoms with Crippen LogP contribution in [0.2, 0.25) is 0 Å². The van der Waals surface area contributed by atoms with Crippen LogP contribution in [0.3, 0.4) is 0 Å². The van der Waals surface area contributed by atoms with Crippen molar-refractivity contribution in [3.63, 3.8) is 0 Å². The summed E-state index contributed by atoms with van der Waals surface area (Å²) in [5, 5.41) is 13.3. The highest BCUT2D eigenvalue weighted by Gasteiger charge is 2.35. The fourth-order valence-corrected chi connectivity index (χ4v) is 3.26. The molecule has 0 aliphatic carbocycles. The van der Waals surface area contributed by atoms with E-state index >= 15 is 0 Å². The van der Waals surface area contributed by atoms with Crippen LogP contribution in [0.15, 0.2) is 72.8 Å². The molecule has 0 spiro atoms. The molecule has 4 rings (SSSR count). The third-order valence-electron chi connectivity index (χ3n) is 4.46. The second-order valence-electron chi connectivity index (χ2n) is 6.03. The van der Waals surface area contributed by atoms with Crippen molar-refractivity contribution in [1.82, 2.24) is 0 Å². The van der Waals surface area contributed by atoms with Gasteiger partial charge in [-0.25, -0.2) is 0 Å². The maximum atomic E-state index is 13.3. The first kappa shape index (κ1) is 16.0. The Morgan fingerprint density at radius 3 is 2.58 bits per heavy atom. The minimum Gasteiger partial charge on any atom is -0.508 e. The highest BCUT2D eigenvalue weighted by molar-refractivity contribution is 6.12. The molecule has 0 saturated heterocycles. The summed E-state index contributed by atoms with van der Waals surface area (Å²) in [7, 11) is 1.58. The quantitative estimate of drug-likeness (QED) is 0.747. The summed E-state index contributed by atoms with van der Waals surface area (Å²) in [5.74, 6) is 0.625. The number of amides is 1. The molecule has 0 bridgehead atoms. The number of carbonyl (C=O) groups is 1. The lowest BCUT2D eigenvalue weighted by molar-refractivity contribution is 0.0974. The first-order chi connectivity index (χ1) is 12.7. The van der Waals surface area contributed by atoms with Gasteiger partial charge in [-0.15, -0.1) is 0 Å². The maximum Gasteiger partial charge on any atom is 0.262 e. The number of rotatable bonds is 3. The van der Waals surface area contributed by atoms with Gasteiger partial charge in [0.25, 0.3) is 5.91 Å². The zero-order chi connectivity index (χ0) is 18.1. The van der Waals surface area contributed by atoms with Crippen molar-refractivity contribution in [3.8, 4) is 11.5 Å². The molecule has 0 saturated carbocycles. The van der Waals surface area contributed by atoms with Gasteiger partial charge in [-0.2, -0.15) is 0 Å². The highest BCUT2D eigenvalue weighted by Crippen LogP contribution is 2.40. The first-order valence-electron chi connectivity index (χ1n) is 8.30. The molecule has 1 heterocycles. The number of fused-ring (bicyclic) bond motifs is 1. The molecule has 3 aromatic carbocycles. The van der Waals surface area contributed by atoms with Gasteiger partial charge in [0.2, 0.25) is 0 Å². The van der Waals surface area contributed by atoms with Gasteiger partial charge in [0, 0.05) is 5.69 Å². The van der Waals surface area contributed by atoms with Crippen molar-refractivity contribution >= 4 is 17.3 Å². The minimum atomic E-state index is -0.471. The van der Waals surface area contributed by atoms with Crippen LogP contribution in [0.5, 0.6) is 11.5 Å². The molecule has 1 amide bonds. The lowest BCUT2D eigenvalue weighted by Gasteiger charge is -2.38. The molecule has 5 heteroatoms. The third-order valence-corrected chi connectivity index (χ3v) is 4.46. The van der Waals surface area contributed by atoms with Crippen LogP contribution in [0, 0.1) is 0 Å². The van der Waals surface area contributed by atoms with E-state index in [9.17, 15) is 9.90 Å². The third kappa shape index (κ3) is 2.63. The van der Waals surface area contributed by atoms with Crippen LogP contribution in [0.1, 0.15) is 22.1 Å². The SMILES string of the molecule is COc1ccccc1N1C(=O)c2ccccc2NC1c1cccc(O)c1. The number of carbonyl (C=O) groups excluding carboxylic acids is 1. The highest BCUT2D eigenvalue weighted by atomic mass is 16.5. The minimum absolute atomic E-state index is 0.128. The Morgan fingerprint density at radius 1 is 1.00 bits per heavy atom. The smallest absolute Gasteiger partial charge is 0.262 e. The Kier molecular flexibility index (Phi) is 3.97. The predicted octanol–water partition coefficient (Wildman–Crippen LogP) is 4.17. The van der Waals surface area contributed by atoms with Crippen LogP contribution >= 0.6 is 0 Å². The number of hydrogen-bond donors (Lipinski definition) is 2. The molecule has 1 unspecified atom stereocenters. The van der Waals surface area contributed by atoms with E-state index in [1.807, 2.05) is 48.5 Å². The van der Waals surface area contributed by atoms with E-state index in [4.69, 9.17) is 4.74 Å². The number of nitrogens with one attached hydrogen (secondary N) is 1. The Bertz CT molecular complexity index is 971. The van der Waals surface area contributed by atoms with Crippen molar-refractivity contribution < 1.29 is 14.6 Å². The summed E-state index contributed by atoms with van der Waals surface area (Å²) in [4.78, 5) is 15.0. The lowest BCUT2D eigenvalue weighted by atomic mass is 10.0. The van der Waals surface area contributed by atoms with Gasteiger partial charge in [0.15, 0.2) is 0 Å². The van der Waals surface area contributed by atoms with Gasteiger partial charge in [-0.1, -0.05) is 36.4 Å². The molecule has 0 radical (unpaired) electrons. The predicted molar refractivity (Wildman–Crippen MR) is 101 cm³/mol. The van der Waals surface area contributed by atoms with Crippen LogP contribution in [0.4, 0.5) is 11.4 Å². The summed E-state index contributed by atoms with van der Waals surface area (Å²) in [5.41, 5.74) is 2.79. The average Bonchev–Trinajstić information content (AvgIpc) is 2.68. The molecule has 0 fully saturated rings. The van der Waals surface area contributed by atoms with Crippen molar-refractivity contribution in [1.29, 1.82) is 0 Å². The van der Waals surface area contributed by atoms with Crippen LogP contribution in [-0.4, -0.2) is 18.1 Å². The van der Waals surface area contributed by atoms with Crippen LogP contribution in [0.25, 0.3) is 0 Å². The molecule has 1 aliphatic heterocycles. The molecule has 5 nitrogen and oxygen atoms in total. The number of methoxy groups -OCH3 is 1.